The molecule has 0 aliphatic heterocycles. The standard InChI is InChI=1S/C33H31NO5S.Li.H/c1-23-10-6-8-14-27(23)29-22-24(17-19-28(29)32(35)34-30(33(36)37)20-21-40(2)38)16-18-25-11-7-9-15-31(25)39-26-12-4-3-5-13-26;;/h3-19,22,30H,20-21H2,1-2H3,(H,34,35)(H,36,37);;. The molecule has 6 nitrogen and oxygen atoms in total. The molecule has 41 heavy (non-hydrogen) atoms. The van der Waals surface area contributed by atoms with Gasteiger partial charge < -0.3 is 19.7 Å². The molecule has 4 aromatic carbocycles. The van der Waals surface area contributed by atoms with E-state index in [1.54, 1.807) is 6.07 Å². The first-order valence-corrected chi connectivity index (χ1v) is 14.6. The quantitative estimate of drug-likeness (QED) is 0.134. The van der Waals surface area contributed by atoms with Gasteiger partial charge in [-0.25, -0.2) is 4.79 Å². The molecule has 8 heteroatoms. The van der Waals surface area contributed by atoms with Crippen LogP contribution < -0.4 is 10.1 Å². The Hall–Kier alpha value is -3.73. The van der Waals surface area contributed by atoms with Crippen molar-refractivity contribution in [2.75, 3.05) is 12.0 Å². The van der Waals surface area contributed by atoms with Crippen LogP contribution in [0.15, 0.2) is 97.1 Å². The molecule has 0 aliphatic rings. The first-order valence-electron chi connectivity index (χ1n) is 12.9. The molecular formula is C33H32LiNO5S. The van der Waals surface area contributed by atoms with Crippen LogP contribution in [0.3, 0.4) is 0 Å². The van der Waals surface area contributed by atoms with Crippen molar-refractivity contribution in [1.82, 2.24) is 5.32 Å². The molecule has 2 N–H and O–H groups in total. The van der Waals surface area contributed by atoms with E-state index in [9.17, 15) is 19.2 Å². The summed E-state index contributed by atoms with van der Waals surface area (Å²) in [5.41, 5.74) is 4.66. The molecule has 0 radical (unpaired) electrons. The molecule has 1 amide bonds. The predicted octanol–water partition coefficient (Wildman–Crippen LogP) is 5.93. The summed E-state index contributed by atoms with van der Waals surface area (Å²) in [7, 11) is 0. The number of hydrogen-bond acceptors (Lipinski definition) is 4. The summed E-state index contributed by atoms with van der Waals surface area (Å²) in [4.78, 5) is 25.1. The average Bonchev–Trinajstić information content (AvgIpc) is 2.95. The first-order chi connectivity index (χ1) is 19.3. The fourth-order valence-electron chi connectivity index (χ4n) is 4.25. The Bertz CT molecular complexity index is 1510. The second-order valence-corrected chi connectivity index (χ2v) is 10.9. The van der Waals surface area contributed by atoms with Gasteiger partial charge in [-0.05, 0) is 59.5 Å². The maximum atomic E-state index is 13.3. The Morgan fingerprint density at radius 1 is 0.927 bits per heavy atom. The van der Waals surface area contributed by atoms with E-state index in [0.717, 1.165) is 28.0 Å². The monoisotopic (exact) mass is 561 g/mol. The van der Waals surface area contributed by atoms with E-state index in [2.05, 4.69) is 5.32 Å². The van der Waals surface area contributed by atoms with Gasteiger partial charge in [0, 0.05) is 17.5 Å². The normalized spacial score (nSPS) is 12.3. The van der Waals surface area contributed by atoms with Crippen LogP contribution in [-0.4, -0.2) is 58.4 Å². The first kappa shape index (κ1) is 31.8. The van der Waals surface area contributed by atoms with Gasteiger partial charge >= 0.3 is 24.8 Å². The molecule has 0 saturated heterocycles. The van der Waals surface area contributed by atoms with Crippen LogP contribution in [0.1, 0.15) is 33.5 Å². The third-order valence-electron chi connectivity index (χ3n) is 6.37. The van der Waals surface area contributed by atoms with Crippen molar-refractivity contribution in [2.45, 2.75) is 19.4 Å². The summed E-state index contributed by atoms with van der Waals surface area (Å²) in [6.45, 7) is 1.97. The van der Waals surface area contributed by atoms with Crippen LogP contribution in [-0.2, 0) is 16.0 Å². The molecular weight excluding hydrogens is 529 g/mol. The van der Waals surface area contributed by atoms with Crippen LogP contribution in [0.25, 0.3) is 23.3 Å². The van der Waals surface area contributed by atoms with Gasteiger partial charge in [0.25, 0.3) is 5.91 Å². The van der Waals surface area contributed by atoms with Crippen molar-refractivity contribution in [3.63, 3.8) is 0 Å². The number of benzene rings is 4. The summed E-state index contributed by atoms with van der Waals surface area (Å²) in [6.07, 6.45) is 5.50. The molecule has 206 valence electrons. The molecule has 0 bridgehead atoms. The molecule has 0 aromatic heterocycles. The Labute approximate surface area is 255 Å². The van der Waals surface area contributed by atoms with Gasteiger partial charge in [-0.1, -0.05) is 90.1 Å². The summed E-state index contributed by atoms with van der Waals surface area (Å²) in [6, 6.07) is 29.4. The molecule has 0 saturated carbocycles. The number of hydrogen-bond donors (Lipinski definition) is 2. The molecule has 2 atom stereocenters. The topological polar surface area (TPSA) is 98.7 Å². The zero-order valence-corrected chi connectivity index (χ0v) is 23.2. The minimum absolute atomic E-state index is 0. The number of rotatable bonds is 11. The predicted molar refractivity (Wildman–Crippen MR) is 168 cm³/mol. The van der Waals surface area contributed by atoms with Crippen LogP contribution in [0.5, 0.6) is 11.5 Å². The Morgan fingerprint density at radius 3 is 2.32 bits per heavy atom. The summed E-state index contributed by atoms with van der Waals surface area (Å²) >= 11 is -1.17. The van der Waals surface area contributed by atoms with E-state index >= 15 is 0 Å². The van der Waals surface area contributed by atoms with Crippen molar-refractivity contribution in [3.8, 4) is 22.6 Å². The fourth-order valence-corrected chi connectivity index (χ4v) is 4.82. The van der Waals surface area contributed by atoms with E-state index in [0.29, 0.717) is 16.9 Å². The number of ether oxygens (including phenoxy) is 1. The number of nitrogens with one attached hydrogen (secondary N) is 1. The Morgan fingerprint density at radius 2 is 1.61 bits per heavy atom. The van der Waals surface area contributed by atoms with Crippen LogP contribution in [0, 0.1) is 6.92 Å². The average molecular weight is 562 g/mol. The fraction of sp³-hybridized carbons (Fsp3) is 0.152. The second kappa shape index (κ2) is 15.3. The van der Waals surface area contributed by atoms with Crippen molar-refractivity contribution >= 4 is 54.1 Å². The number of carbonyl (C=O) groups excluding carboxylic acids is 1. The number of para-hydroxylation sites is 2. The van der Waals surface area contributed by atoms with E-state index in [-0.39, 0.29) is 31.0 Å². The molecule has 0 spiro atoms. The zero-order valence-electron chi connectivity index (χ0n) is 22.4. The summed E-state index contributed by atoms with van der Waals surface area (Å²) in [5.74, 6) is -0.0174. The van der Waals surface area contributed by atoms with E-state index in [4.69, 9.17) is 4.74 Å². The van der Waals surface area contributed by atoms with Crippen LogP contribution in [0.4, 0.5) is 0 Å². The Balaban J connectivity index is 0.00000462. The zero-order chi connectivity index (χ0) is 28.5. The molecule has 4 aromatic rings. The van der Waals surface area contributed by atoms with Gasteiger partial charge in [0.2, 0.25) is 0 Å². The van der Waals surface area contributed by atoms with Crippen molar-refractivity contribution in [2.24, 2.45) is 0 Å². The molecule has 2 unspecified atom stereocenters. The Kier molecular flexibility index (Phi) is 11.9. The second-order valence-electron chi connectivity index (χ2n) is 9.34. The minimum atomic E-state index is -1.17. The molecule has 4 rings (SSSR count). The SMILES string of the molecule is Cc1ccccc1-c1cc(C=Cc2ccccc2Oc2ccccc2)ccc1C(=O)NC(CC[S+](C)[O-])C(=O)O.[LiH]. The van der Waals surface area contributed by atoms with Gasteiger partial charge in [-0.2, -0.15) is 0 Å². The summed E-state index contributed by atoms with van der Waals surface area (Å²) in [5, 5.41) is 12.2. The number of carboxylic acids is 1. The number of aryl methyl sites for hydroxylation is 1. The van der Waals surface area contributed by atoms with Gasteiger partial charge in [0.05, 0.1) is 6.26 Å². The van der Waals surface area contributed by atoms with E-state index in [1.807, 2.05) is 110 Å². The number of carboxylic acid groups (broad SMARTS) is 1. The molecule has 0 aliphatic carbocycles. The van der Waals surface area contributed by atoms with Crippen molar-refractivity contribution in [3.05, 3.63) is 119 Å². The van der Waals surface area contributed by atoms with Crippen LogP contribution in [0.2, 0.25) is 0 Å². The van der Waals surface area contributed by atoms with E-state index < -0.39 is 29.1 Å². The maximum absolute atomic E-state index is 13.3. The van der Waals surface area contributed by atoms with Gasteiger partial charge in [-0.3, -0.25) is 4.79 Å². The third-order valence-corrected chi connectivity index (χ3v) is 7.18. The number of carbonyl (C=O) groups is 2. The van der Waals surface area contributed by atoms with Gasteiger partial charge in [-0.15, -0.1) is 0 Å². The van der Waals surface area contributed by atoms with E-state index in [1.165, 1.54) is 6.26 Å². The van der Waals surface area contributed by atoms with Crippen molar-refractivity contribution in [1.29, 1.82) is 0 Å². The molecule has 0 fully saturated rings. The number of amides is 1. The van der Waals surface area contributed by atoms with Gasteiger partial charge in [0.15, 0.2) is 0 Å². The molecule has 0 heterocycles. The van der Waals surface area contributed by atoms with Gasteiger partial charge in [0.1, 0.15) is 23.3 Å². The summed E-state index contributed by atoms with van der Waals surface area (Å²) < 4.78 is 17.6. The number of aliphatic carboxylic acids is 1. The van der Waals surface area contributed by atoms with Crippen LogP contribution >= 0.6 is 0 Å². The van der Waals surface area contributed by atoms with Crippen molar-refractivity contribution < 1.29 is 24.0 Å². The third kappa shape index (κ3) is 8.88.